The number of thiophene rings is 1. The Labute approximate surface area is 154 Å². The molecule has 0 saturated carbocycles. The van der Waals surface area contributed by atoms with Crippen LogP contribution in [0.3, 0.4) is 0 Å². The number of nitrogens with zero attached hydrogens (tertiary/aromatic N) is 2. The van der Waals surface area contributed by atoms with Crippen molar-refractivity contribution in [2.45, 2.75) is 24.5 Å². The van der Waals surface area contributed by atoms with E-state index in [1.807, 2.05) is 35.9 Å². The Bertz CT molecular complexity index is 919. The van der Waals surface area contributed by atoms with Crippen LogP contribution in [0.2, 0.25) is 0 Å². The van der Waals surface area contributed by atoms with Crippen molar-refractivity contribution in [1.29, 1.82) is 0 Å². The van der Waals surface area contributed by atoms with Crippen molar-refractivity contribution in [3.05, 3.63) is 57.7 Å². The third kappa shape index (κ3) is 4.29. The van der Waals surface area contributed by atoms with Gasteiger partial charge in [-0.2, -0.15) is 0 Å². The summed E-state index contributed by atoms with van der Waals surface area (Å²) >= 11 is 2.73. The molecule has 0 spiro atoms. The molecule has 1 amide bonds. The van der Waals surface area contributed by atoms with Crippen molar-refractivity contribution in [3.8, 4) is 0 Å². The Morgan fingerprint density at radius 2 is 2.08 bits per heavy atom. The van der Waals surface area contributed by atoms with E-state index >= 15 is 0 Å². The van der Waals surface area contributed by atoms with E-state index in [9.17, 15) is 9.59 Å². The summed E-state index contributed by atoms with van der Waals surface area (Å²) in [6.07, 6.45) is 3.64. The largest absolute Gasteiger partial charge is 0.355 e. The van der Waals surface area contributed by atoms with Crippen LogP contribution in [0.15, 0.2) is 51.7 Å². The van der Waals surface area contributed by atoms with E-state index in [-0.39, 0.29) is 18.0 Å². The van der Waals surface area contributed by atoms with Crippen molar-refractivity contribution in [2.24, 2.45) is 0 Å². The molecule has 0 atom stereocenters. The van der Waals surface area contributed by atoms with Crippen molar-refractivity contribution in [1.82, 2.24) is 14.9 Å². The third-order valence-corrected chi connectivity index (χ3v) is 5.39. The molecule has 0 bridgehead atoms. The highest BCUT2D eigenvalue weighted by molar-refractivity contribution is 7.98. The lowest BCUT2D eigenvalue weighted by Crippen LogP contribution is -2.34. The molecule has 5 nitrogen and oxygen atoms in total. The minimum atomic E-state index is -0.164. The molecule has 0 saturated heterocycles. The first-order chi connectivity index (χ1) is 12.2. The van der Waals surface area contributed by atoms with E-state index in [1.54, 1.807) is 0 Å². The Kier molecular flexibility index (Phi) is 5.88. The van der Waals surface area contributed by atoms with Crippen LogP contribution < -0.4 is 10.9 Å². The van der Waals surface area contributed by atoms with Gasteiger partial charge in [0.15, 0.2) is 5.16 Å². The predicted octanol–water partition coefficient (Wildman–Crippen LogP) is 2.93. The molecule has 0 fully saturated rings. The average molecular weight is 374 g/mol. The summed E-state index contributed by atoms with van der Waals surface area (Å²) in [6, 6.07) is 12.0. The number of fused-ring (bicyclic) bond motifs is 1. The minimum absolute atomic E-state index is 0.00117. The predicted molar refractivity (Wildman–Crippen MR) is 103 cm³/mol. The van der Waals surface area contributed by atoms with Gasteiger partial charge in [-0.15, -0.1) is 11.3 Å². The zero-order valence-electron chi connectivity index (χ0n) is 13.9. The molecule has 0 aliphatic heterocycles. The summed E-state index contributed by atoms with van der Waals surface area (Å²) in [6.45, 7) is 0.590. The maximum atomic E-state index is 12.6. The van der Waals surface area contributed by atoms with Gasteiger partial charge in [0.2, 0.25) is 5.91 Å². The van der Waals surface area contributed by atoms with Gasteiger partial charge in [0.05, 0.1) is 5.52 Å². The van der Waals surface area contributed by atoms with Crippen molar-refractivity contribution in [3.63, 3.8) is 0 Å². The number of rotatable bonds is 7. The minimum Gasteiger partial charge on any atom is -0.355 e. The van der Waals surface area contributed by atoms with Crippen molar-refractivity contribution < 1.29 is 4.79 Å². The van der Waals surface area contributed by atoms with E-state index in [4.69, 9.17) is 0 Å². The Balaban J connectivity index is 1.60. The molecule has 0 aliphatic carbocycles. The standard InChI is InChI=1S/C18H19N3O2S2/c1-24-18-20-14-9-11-25-16(14)17(23)21(18)12-15(22)19-10-5-8-13-6-3-2-4-7-13/h2-4,6-7,9,11H,5,8,10,12H2,1H3,(H,19,22). The zero-order chi connectivity index (χ0) is 17.6. The molecule has 0 unspecified atom stereocenters. The summed E-state index contributed by atoms with van der Waals surface area (Å²) in [5.41, 5.74) is 1.80. The summed E-state index contributed by atoms with van der Waals surface area (Å²) in [5, 5.41) is 5.30. The molecule has 130 valence electrons. The van der Waals surface area contributed by atoms with Gasteiger partial charge in [-0.3, -0.25) is 14.2 Å². The lowest BCUT2D eigenvalue weighted by molar-refractivity contribution is -0.121. The van der Waals surface area contributed by atoms with Crippen LogP contribution in [-0.2, 0) is 17.8 Å². The monoisotopic (exact) mass is 373 g/mol. The fourth-order valence-electron chi connectivity index (χ4n) is 2.58. The highest BCUT2D eigenvalue weighted by Crippen LogP contribution is 2.19. The smallest absolute Gasteiger partial charge is 0.272 e. The zero-order valence-corrected chi connectivity index (χ0v) is 15.5. The molecule has 0 aliphatic rings. The van der Waals surface area contributed by atoms with Gasteiger partial charge in [-0.25, -0.2) is 4.98 Å². The highest BCUT2D eigenvalue weighted by Gasteiger charge is 2.14. The van der Waals surface area contributed by atoms with E-state index in [1.165, 1.54) is 33.2 Å². The summed E-state index contributed by atoms with van der Waals surface area (Å²) in [4.78, 5) is 29.2. The number of amides is 1. The number of benzene rings is 1. The molecule has 2 heterocycles. The third-order valence-electron chi connectivity index (χ3n) is 3.82. The van der Waals surface area contributed by atoms with Crippen LogP contribution in [0.5, 0.6) is 0 Å². The molecule has 3 aromatic rings. The number of thioether (sulfide) groups is 1. The summed E-state index contributed by atoms with van der Waals surface area (Å²) in [5.74, 6) is -0.164. The van der Waals surface area contributed by atoms with Crippen LogP contribution in [0, 0.1) is 0 Å². The number of carbonyl (C=O) groups is 1. The van der Waals surface area contributed by atoms with Crippen LogP contribution in [0.1, 0.15) is 12.0 Å². The van der Waals surface area contributed by atoms with Gasteiger partial charge in [-0.05, 0) is 36.1 Å². The Hall–Kier alpha value is -2.12. The molecular formula is C18H19N3O2S2. The van der Waals surface area contributed by atoms with Gasteiger partial charge in [0.1, 0.15) is 11.2 Å². The van der Waals surface area contributed by atoms with Gasteiger partial charge in [0, 0.05) is 6.54 Å². The number of hydrogen-bond acceptors (Lipinski definition) is 5. The molecule has 3 rings (SSSR count). The highest BCUT2D eigenvalue weighted by atomic mass is 32.2. The van der Waals surface area contributed by atoms with Gasteiger partial charge in [-0.1, -0.05) is 42.1 Å². The molecular weight excluding hydrogens is 354 g/mol. The van der Waals surface area contributed by atoms with E-state index in [2.05, 4.69) is 22.4 Å². The molecule has 2 aromatic heterocycles. The number of aromatic nitrogens is 2. The van der Waals surface area contributed by atoms with E-state index < -0.39 is 0 Å². The van der Waals surface area contributed by atoms with Crippen molar-refractivity contribution in [2.75, 3.05) is 12.8 Å². The lowest BCUT2D eigenvalue weighted by Gasteiger charge is -2.11. The fourth-order valence-corrected chi connectivity index (χ4v) is 3.92. The first kappa shape index (κ1) is 17.7. The molecule has 25 heavy (non-hydrogen) atoms. The van der Waals surface area contributed by atoms with Crippen LogP contribution in [0.4, 0.5) is 0 Å². The van der Waals surface area contributed by atoms with Crippen molar-refractivity contribution >= 4 is 39.2 Å². The lowest BCUT2D eigenvalue weighted by atomic mass is 10.1. The summed E-state index contributed by atoms with van der Waals surface area (Å²) < 4.78 is 2.05. The quantitative estimate of drug-likeness (QED) is 0.393. The summed E-state index contributed by atoms with van der Waals surface area (Å²) in [7, 11) is 0. The number of carbonyl (C=O) groups excluding carboxylic acids is 1. The number of nitrogens with one attached hydrogen (secondary N) is 1. The van der Waals surface area contributed by atoms with Crippen LogP contribution >= 0.6 is 23.1 Å². The Morgan fingerprint density at radius 3 is 2.84 bits per heavy atom. The second kappa shape index (κ2) is 8.31. The molecule has 1 N–H and O–H groups in total. The molecule has 1 aromatic carbocycles. The molecule has 0 radical (unpaired) electrons. The second-order valence-electron chi connectivity index (χ2n) is 5.56. The van der Waals surface area contributed by atoms with E-state index in [0.29, 0.717) is 21.9 Å². The normalized spacial score (nSPS) is 10.9. The molecule has 7 heteroatoms. The Morgan fingerprint density at radius 1 is 1.28 bits per heavy atom. The number of hydrogen-bond donors (Lipinski definition) is 1. The SMILES string of the molecule is CSc1nc2ccsc2c(=O)n1CC(=O)NCCCc1ccccc1. The van der Waals surface area contributed by atoms with Gasteiger partial charge >= 0.3 is 0 Å². The fraction of sp³-hybridized carbons (Fsp3) is 0.278. The first-order valence-corrected chi connectivity index (χ1v) is 10.1. The van der Waals surface area contributed by atoms with Crippen LogP contribution in [0.25, 0.3) is 10.2 Å². The second-order valence-corrected chi connectivity index (χ2v) is 7.25. The van der Waals surface area contributed by atoms with E-state index in [0.717, 1.165) is 12.8 Å². The van der Waals surface area contributed by atoms with Gasteiger partial charge in [0.25, 0.3) is 5.56 Å². The maximum absolute atomic E-state index is 12.6. The topological polar surface area (TPSA) is 64.0 Å². The maximum Gasteiger partial charge on any atom is 0.272 e. The van der Waals surface area contributed by atoms with Crippen LogP contribution in [-0.4, -0.2) is 28.3 Å². The van der Waals surface area contributed by atoms with Gasteiger partial charge < -0.3 is 5.32 Å². The first-order valence-electron chi connectivity index (χ1n) is 8.01. The number of aryl methyl sites for hydroxylation is 1. The average Bonchev–Trinajstić information content (AvgIpc) is 3.10.